The monoisotopic (exact) mass is 242 g/mol. The molecule has 16 heavy (non-hydrogen) atoms. The van der Waals surface area contributed by atoms with Crippen LogP contribution in [-0.4, -0.2) is 37.2 Å². The van der Waals surface area contributed by atoms with E-state index in [4.69, 9.17) is 0 Å². The molecule has 1 aliphatic heterocycles. The van der Waals surface area contributed by atoms with Gasteiger partial charge in [-0.05, 0) is 57.5 Å². The average Bonchev–Trinajstić information content (AvgIpc) is 2.80. The minimum absolute atomic E-state index is 0.572. The third-order valence-electron chi connectivity index (χ3n) is 4.23. The third-order valence-corrected chi connectivity index (χ3v) is 5.65. The predicted octanol–water partition coefficient (Wildman–Crippen LogP) is 2.25. The Morgan fingerprint density at radius 2 is 2.12 bits per heavy atom. The van der Waals surface area contributed by atoms with Gasteiger partial charge in [-0.1, -0.05) is 12.8 Å². The van der Waals surface area contributed by atoms with Crippen LogP contribution in [0.2, 0.25) is 0 Å². The Morgan fingerprint density at radius 3 is 2.75 bits per heavy atom. The van der Waals surface area contributed by atoms with Crippen molar-refractivity contribution in [3.05, 3.63) is 0 Å². The second kappa shape index (κ2) is 6.27. The summed E-state index contributed by atoms with van der Waals surface area (Å²) in [5.41, 5.74) is 0. The molecular weight excluding hydrogens is 216 g/mol. The van der Waals surface area contributed by atoms with Gasteiger partial charge in [0.05, 0.1) is 0 Å². The minimum atomic E-state index is 0.572. The summed E-state index contributed by atoms with van der Waals surface area (Å²) < 4.78 is 0.572. The molecule has 2 aliphatic rings. The van der Waals surface area contributed by atoms with Gasteiger partial charge in [-0.2, -0.15) is 11.8 Å². The van der Waals surface area contributed by atoms with Gasteiger partial charge in [-0.15, -0.1) is 0 Å². The van der Waals surface area contributed by atoms with Crippen molar-refractivity contribution in [3.8, 4) is 0 Å². The van der Waals surface area contributed by atoms with E-state index in [-0.39, 0.29) is 0 Å². The van der Waals surface area contributed by atoms with Gasteiger partial charge >= 0.3 is 0 Å². The van der Waals surface area contributed by atoms with Crippen molar-refractivity contribution in [2.45, 2.75) is 43.3 Å². The maximum Gasteiger partial charge on any atom is 0.0281 e. The smallest absolute Gasteiger partial charge is 0.0281 e. The first-order valence-electron chi connectivity index (χ1n) is 6.81. The summed E-state index contributed by atoms with van der Waals surface area (Å²) in [6.07, 6.45) is 10.8. The Kier molecular flexibility index (Phi) is 4.98. The maximum atomic E-state index is 3.73. The highest BCUT2D eigenvalue weighted by Gasteiger charge is 2.32. The molecule has 0 radical (unpaired) electrons. The molecule has 3 heteroatoms. The second-order valence-corrected chi connectivity index (χ2v) is 6.71. The highest BCUT2D eigenvalue weighted by molar-refractivity contribution is 8.00. The largest absolute Gasteiger partial charge is 0.316 e. The van der Waals surface area contributed by atoms with Crippen LogP contribution in [0.4, 0.5) is 0 Å². The molecule has 0 spiro atoms. The molecule has 0 amide bonds. The molecule has 1 atom stereocenters. The Hall–Kier alpha value is 0.270. The molecule has 2 fully saturated rings. The molecule has 1 saturated carbocycles. The first-order chi connectivity index (χ1) is 7.85. The lowest BCUT2D eigenvalue weighted by Crippen LogP contribution is -2.41. The van der Waals surface area contributed by atoms with E-state index in [1.165, 1.54) is 64.7 Å². The van der Waals surface area contributed by atoms with E-state index in [1.807, 2.05) is 0 Å². The summed E-state index contributed by atoms with van der Waals surface area (Å²) in [6.45, 7) is 4.89. The molecule has 0 aromatic heterocycles. The first-order valence-corrected chi connectivity index (χ1v) is 8.04. The summed E-state index contributed by atoms with van der Waals surface area (Å²) >= 11 is 2.09. The van der Waals surface area contributed by atoms with Crippen LogP contribution >= 0.6 is 11.8 Å². The summed E-state index contributed by atoms with van der Waals surface area (Å²) in [6, 6.07) is 0. The van der Waals surface area contributed by atoms with Gasteiger partial charge in [-0.25, -0.2) is 0 Å². The Bertz CT molecular complexity index is 196. The molecule has 1 saturated heterocycles. The van der Waals surface area contributed by atoms with Crippen LogP contribution in [0.25, 0.3) is 0 Å². The van der Waals surface area contributed by atoms with Crippen molar-refractivity contribution >= 4 is 11.8 Å². The second-order valence-electron chi connectivity index (χ2n) is 5.44. The van der Waals surface area contributed by atoms with E-state index >= 15 is 0 Å². The number of nitrogens with one attached hydrogen (secondary N) is 2. The Morgan fingerprint density at radius 1 is 1.31 bits per heavy atom. The summed E-state index contributed by atoms with van der Waals surface area (Å²) in [5.74, 6) is 0.869. The van der Waals surface area contributed by atoms with Crippen molar-refractivity contribution in [2.75, 3.05) is 32.4 Å². The quantitative estimate of drug-likeness (QED) is 0.773. The van der Waals surface area contributed by atoms with Crippen molar-refractivity contribution in [2.24, 2.45) is 5.92 Å². The first kappa shape index (κ1) is 12.7. The SMILES string of the molecule is CSC1(CNCC2CCCNC2)CCCC1. The molecule has 2 N–H and O–H groups in total. The van der Waals surface area contributed by atoms with Gasteiger partial charge in [0.1, 0.15) is 0 Å². The van der Waals surface area contributed by atoms with Crippen LogP contribution in [0.3, 0.4) is 0 Å². The lowest BCUT2D eigenvalue weighted by molar-refractivity contribution is 0.353. The molecule has 1 unspecified atom stereocenters. The Labute approximate surface area is 104 Å². The van der Waals surface area contributed by atoms with Crippen LogP contribution in [-0.2, 0) is 0 Å². The normalized spacial score (nSPS) is 29.4. The maximum absolute atomic E-state index is 3.73. The Balaban J connectivity index is 1.66. The van der Waals surface area contributed by atoms with Crippen LogP contribution in [0.5, 0.6) is 0 Å². The van der Waals surface area contributed by atoms with Gasteiger partial charge in [-0.3, -0.25) is 0 Å². The third kappa shape index (κ3) is 3.38. The van der Waals surface area contributed by atoms with Crippen LogP contribution in [0.15, 0.2) is 0 Å². The number of hydrogen-bond acceptors (Lipinski definition) is 3. The predicted molar refractivity (Wildman–Crippen MR) is 73.2 cm³/mol. The zero-order valence-corrected chi connectivity index (χ0v) is 11.4. The molecular formula is C13H26N2S. The molecule has 1 aliphatic carbocycles. The topological polar surface area (TPSA) is 24.1 Å². The number of rotatable bonds is 5. The van der Waals surface area contributed by atoms with Crippen molar-refractivity contribution in [1.29, 1.82) is 0 Å². The van der Waals surface area contributed by atoms with Crippen molar-refractivity contribution in [3.63, 3.8) is 0 Å². The lowest BCUT2D eigenvalue weighted by Gasteiger charge is -2.29. The average molecular weight is 242 g/mol. The molecule has 2 nitrogen and oxygen atoms in total. The van der Waals surface area contributed by atoms with Gasteiger partial charge in [0.25, 0.3) is 0 Å². The highest BCUT2D eigenvalue weighted by Crippen LogP contribution is 2.39. The molecule has 2 rings (SSSR count). The number of piperidine rings is 1. The van der Waals surface area contributed by atoms with Crippen LogP contribution in [0.1, 0.15) is 38.5 Å². The lowest BCUT2D eigenvalue weighted by atomic mass is 9.99. The fraction of sp³-hybridized carbons (Fsp3) is 1.00. The highest BCUT2D eigenvalue weighted by atomic mass is 32.2. The van der Waals surface area contributed by atoms with Gasteiger partial charge < -0.3 is 10.6 Å². The standard InChI is InChI=1S/C13H26N2S/c1-16-13(6-2-3-7-13)11-15-10-12-5-4-8-14-9-12/h12,14-15H,2-11H2,1H3. The molecule has 0 aromatic rings. The van der Waals surface area contributed by atoms with Crippen LogP contribution in [0, 0.1) is 5.92 Å². The number of thioether (sulfide) groups is 1. The van der Waals surface area contributed by atoms with E-state index in [2.05, 4.69) is 28.7 Å². The summed E-state index contributed by atoms with van der Waals surface area (Å²) in [5, 5.41) is 7.22. The van der Waals surface area contributed by atoms with E-state index < -0.39 is 0 Å². The molecule has 94 valence electrons. The fourth-order valence-electron chi connectivity index (χ4n) is 3.07. The van der Waals surface area contributed by atoms with Gasteiger partial charge in [0.15, 0.2) is 0 Å². The molecule has 0 aromatic carbocycles. The van der Waals surface area contributed by atoms with E-state index in [0.29, 0.717) is 4.75 Å². The number of hydrogen-bond donors (Lipinski definition) is 2. The van der Waals surface area contributed by atoms with Crippen molar-refractivity contribution in [1.82, 2.24) is 10.6 Å². The molecule has 0 bridgehead atoms. The summed E-state index contributed by atoms with van der Waals surface area (Å²) in [4.78, 5) is 0. The minimum Gasteiger partial charge on any atom is -0.316 e. The zero-order chi connectivity index (χ0) is 11.3. The molecule has 1 heterocycles. The fourth-order valence-corrected chi connectivity index (χ4v) is 4.02. The van der Waals surface area contributed by atoms with Crippen molar-refractivity contribution < 1.29 is 0 Å². The summed E-state index contributed by atoms with van der Waals surface area (Å²) in [7, 11) is 0. The van der Waals surface area contributed by atoms with Crippen LogP contribution < -0.4 is 10.6 Å². The van der Waals surface area contributed by atoms with E-state index in [1.54, 1.807) is 0 Å². The zero-order valence-electron chi connectivity index (χ0n) is 10.6. The van der Waals surface area contributed by atoms with Gasteiger partial charge in [0.2, 0.25) is 0 Å². The van der Waals surface area contributed by atoms with Gasteiger partial charge in [0, 0.05) is 11.3 Å². The van der Waals surface area contributed by atoms with E-state index in [0.717, 1.165) is 5.92 Å². The van der Waals surface area contributed by atoms with E-state index in [9.17, 15) is 0 Å².